The topological polar surface area (TPSA) is 45.2 Å². The molecule has 27 heavy (non-hydrogen) atoms. The van der Waals surface area contributed by atoms with Crippen LogP contribution in [0.3, 0.4) is 0 Å². The van der Waals surface area contributed by atoms with E-state index in [0.29, 0.717) is 6.54 Å². The van der Waals surface area contributed by atoms with Crippen molar-refractivity contribution in [2.45, 2.75) is 33.2 Å². The van der Waals surface area contributed by atoms with Crippen LogP contribution < -0.4 is 10.2 Å². The van der Waals surface area contributed by atoms with Crippen LogP contribution in [0.5, 0.6) is 0 Å². The number of fused-ring (bicyclic) bond motifs is 1. The van der Waals surface area contributed by atoms with E-state index in [9.17, 15) is 4.79 Å². The van der Waals surface area contributed by atoms with Crippen LogP contribution in [-0.2, 0) is 11.3 Å². The minimum absolute atomic E-state index is 0.0148. The molecule has 4 rings (SSSR count). The highest BCUT2D eigenvalue weighted by atomic mass is 32.1. The van der Waals surface area contributed by atoms with Gasteiger partial charge in [-0.25, -0.2) is 4.98 Å². The van der Waals surface area contributed by atoms with Crippen LogP contribution in [0.4, 0.5) is 5.82 Å². The van der Waals surface area contributed by atoms with Gasteiger partial charge in [0.1, 0.15) is 5.82 Å². The fourth-order valence-corrected chi connectivity index (χ4v) is 4.66. The Morgan fingerprint density at radius 1 is 1.26 bits per heavy atom. The molecule has 1 N–H and O–H groups in total. The molecule has 1 saturated heterocycles. The molecule has 5 heteroatoms. The molecule has 1 aliphatic heterocycles. The number of hydrogen-bond acceptors (Lipinski definition) is 4. The maximum Gasteiger partial charge on any atom is 0.225 e. The van der Waals surface area contributed by atoms with Crippen molar-refractivity contribution in [1.82, 2.24) is 10.3 Å². The first kappa shape index (κ1) is 18.0. The lowest BCUT2D eigenvalue weighted by Crippen LogP contribution is -2.43. The summed E-state index contributed by atoms with van der Waals surface area (Å²) in [6.07, 6.45) is 3.84. The zero-order valence-electron chi connectivity index (χ0n) is 15.9. The molecule has 1 fully saturated rings. The number of thiophene rings is 1. The molecule has 0 aliphatic carbocycles. The summed E-state index contributed by atoms with van der Waals surface area (Å²) in [5, 5.41) is 4.33. The number of pyridine rings is 1. The Morgan fingerprint density at radius 3 is 2.89 bits per heavy atom. The van der Waals surface area contributed by atoms with Crippen LogP contribution in [0, 0.1) is 19.8 Å². The molecule has 0 spiro atoms. The summed E-state index contributed by atoms with van der Waals surface area (Å²) in [6.45, 7) is 6.49. The molecular formula is C22H25N3OS. The Kier molecular flexibility index (Phi) is 5.12. The predicted octanol–water partition coefficient (Wildman–Crippen LogP) is 4.45. The first-order valence-corrected chi connectivity index (χ1v) is 10.3. The van der Waals surface area contributed by atoms with Gasteiger partial charge in [-0.3, -0.25) is 4.79 Å². The van der Waals surface area contributed by atoms with Gasteiger partial charge in [-0.2, -0.15) is 0 Å². The Labute approximate surface area is 164 Å². The number of aryl methyl sites for hydroxylation is 2. The molecule has 1 aliphatic rings. The van der Waals surface area contributed by atoms with E-state index in [-0.39, 0.29) is 11.8 Å². The molecule has 2 aromatic heterocycles. The van der Waals surface area contributed by atoms with E-state index in [1.54, 1.807) is 11.3 Å². The molecule has 4 nitrogen and oxygen atoms in total. The lowest BCUT2D eigenvalue weighted by molar-refractivity contribution is -0.125. The van der Waals surface area contributed by atoms with Gasteiger partial charge in [0.2, 0.25) is 5.91 Å². The number of nitrogens with one attached hydrogen (secondary N) is 1. The standard InChI is InChI=1S/C22H25N3OS/c1-15-5-7-17(8-6-15)13-24-22(26)18-4-3-11-25(14-18)21-19-12-16(2)27-20(19)9-10-23-21/h5-10,12,18H,3-4,11,13-14H2,1-2H3,(H,24,26). The highest BCUT2D eigenvalue weighted by Crippen LogP contribution is 2.33. The van der Waals surface area contributed by atoms with Crippen LogP contribution in [0.25, 0.3) is 10.1 Å². The molecule has 3 heterocycles. The summed E-state index contributed by atoms with van der Waals surface area (Å²) < 4.78 is 1.27. The second-order valence-corrected chi connectivity index (χ2v) is 8.68. The fraction of sp³-hybridized carbons (Fsp3) is 0.364. The number of amides is 1. The molecule has 1 aromatic carbocycles. The van der Waals surface area contributed by atoms with Gasteiger partial charge >= 0.3 is 0 Å². The van der Waals surface area contributed by atoms with Gasteiger partial charge in [0, 0.05) is 40.8 Å². The summed E-state index contributed by atoms with van der Waals surface area (Å²) in [5.74, 6) is 1.18. The van der Waals surface area contributed by atoms with E-state index in [2.05, 4.69) is 65.4 Å². The third kappa shape index (κ3) is 3.98. The Morgan fingerprint density at radius 2 is 2.07 bits per heavy atom. The first-order valence-electron chi connectivity index (χ1n) is 9.53. The second kappa shape index (κ2) is 7.69. The van der Waals surface area contributed by atoms with Gasteiger partial charge in [0.15, 0.2) is 0 Å². The number of aromatic nitrogens is 1. The number of benzene rings is 1. The molecule has 140 valence electrons. The minimum Gasteiger partial charge on any atom is -0.355 e. The van der Waals surface area contributed by atoms with Crippen molar-refractivity contribution in [2.75, 3.05) is 18.0 Å². The van der Waals surface area contributed by atoms with Gasteiger partial charge < -0.3 is 10.2 Å². The van der Waals surface area contributed by atoms with E-state index >= 15 is 0 Å². The van der Waals surface area contributed by atoms with Gasteiger partial charge in [-0.1, -0.05) is 29.8 Å². The third-order valence-electron chi connectivity index (χ3n) is 5.23. The molecule has 1 unspecified atom stereocenters. The minimum atomic E-state index is 0.0148. The summed E-state index contributed by atoms with van der Waals surface area (Å²) >= 11 is 1.80. The SMILES string of the molecule is Cc1ccc(CNC(=O)C2CCCN(c3nccc4sc(C)cc34)C2)cc1. The number of nitrogens with zero attached hydrogens (tertiary/aromatic N) is 2. The number of rotatable bonds is 4. The molecule has 0 bridgehead atoms. The highest BCUT2D eigenvalue weighted by molar-refractivity contribution is 7.19. The summed E-state index contributed by atoms with van der Waals surface area (Å²) in [4.78, 5) is 20.9. The Bertz CT molecular complexity index is 948. The Hall–Kier alpha value is -2.40. The van der Waals surface area contributed by atoms with Gasteiger partial charge in [0.25, 0.3) is 0 Å². The van der Waals surface area contributed by atoms with E-state index in [1.807, 2.05) is 6.20 Å². The molecule has 1 atom stereocenters. The summed E-state index contributed by atoms with van der Waals surface area (Å²) in [6, 6.07) is 12.6. The molecule has 0 saturated carbocycles. The van der Waals surface area contributed by atoms with E-state index in [1.165, 1.54) is 20.5 Å². The highest BCUT2D eigenvalue weighted by Gasteiger charge is 2.27. The summed E-state index contributed by atoms with van der Waals surface area (Å²) in [5.41, 5.74) is 2.38. The van der Waals surface area contributed by atoms with Crippen molar-refractivity contribution in [3.8, 4) is 0 Å². The number of anilines is 1. The van der Waals surface area contributed by atoms with Crippen LogP contribution in [0.15, 0.2) is 42.6 Å². The maximum atomic E-state index is 12.7. The lowest BCUT2D eigenvalue weighted by Gasteiger charge is -2.33. The summed E-state index contributed by atoms with van der Waals surface area (Å²) in [7, 11) is 0. The van der Waals surface area contributed by atoms with Crippen LogP contribution >= 0.6 is 11.3 Å². The quantitative estimate of drug-likeness (QED) is 0.729. The predicted molar refractivity (Wildman–Crippen MR) is 112 cm³/mol. The van der Waals surface area contributed by atoms with E-state index < -0.39 is 0 Å². The van der Waals surface area contributed by atoms with Crippen molar-refractivity contribution in [1.29, 1.82) is 0 Å². The van der Waals surface area contributed by atoms with Gasteiger partial charge in [-0.05, 0) is 44.4 Å². The average Bonchev–Trinajstić information content (AvgIpc) is 3.07. The van der Waals surface area contributed by atoms with Crippen molar-refractivity contribution < 1.29 is 4.79 Å². The van der Waals surface area contributed by atoms with Crippen molar-refractivity contribution in [2.24, 2.45) is 5.92 Å². The fourth-order valence-electron chi connectivity index (χ4n) is 3.75. The molecule has 3 aromatic rings. The van der Waals surface area contributed by atoms with Crippen LogP contribution in [0.2, 0.25) is 0 Å². The zero-order chi connectivity index (χ0) is 18.8. The van der Waals surface area contributed by atoms with Crippen LogP contribution in [0.1, 0.15) is 28.8 Å². The van der Waals surface area contributed by atoms with E-state index in [4.69, 9.17) is 0 Å². The second-order valence-electron chi connectivity index (χ2n) is 7.39. The van der Waals surface area contributed by atoms with Gasteiger partial charge in [0.05, 0.1) is 5.92 Å². The van der Waals surface area contributed by atoms with E-state index in [0.717, 1.165) is 37.3 Å². The molecule has 1 amide bonds. The first-order chi connectivity index (χ1) is 13.1. The number of piperidine rings is 1. The largest absolute Gasteiger partial charge is 0.355 e. The monoisotopic (exact) mass is 379 g/mol. The normalized spacial score (nSPS) is 17.3. The third-order valence-corrected chi connectivity index (χ3v) is 6.24. The number of carbonyl (C=O) groups is 1. The smallest absolute Gasteiger partial charge is 0.225 e. The average molecular weight is 380 g/mol. The van der Waals surface area contributed by atoms with Crippen molar-refractivity contribution >= 4 is 33.1 Å². The lowest BCUT2D eigenvalue weighted by atomic mass is 9.96. The number of carbonyl (C=O) groups excluding carboxylic acids is 1. The molecule has 0 radical (unpaired) electrons. The van der Waals surface area contributed by atoms with Crippen LogP contribution in [-0.4, -0.2) is 24.0 Å². The zero-order valence-corrected chi connectivity index (χ0v) is 16.7. The van der Waals surface area contributed by atoms with Gasteiger partial charge in [-0.15, -0.1) is 11.3 Å². The Balaban J connectivity index is 1.44. The van der Waals surface area contributed by atoms with Crippen molar-refractivity contribution in [3.63, 3.8) is 0 Å². The maximum absolute atomic E-state index is 12.7. The number of hydrogen-bond donors (Lipinski definition) is 1. The molecular weight excluding hydrogens is 354 g/mol. The van der Waals surface area contributed by atoms with Crippen molar-refractivity contribution in [3.05, 3.63) is 58.6 Å².